The summed E-state index contributed by atoms with van der Waals surface area (Å²) in [5, 5.41) is 0.978. The average molecular weight is 593 g/mol. The number of hydrogen-bond acceptors (Lipinski definition) is 5. The van der Waals surface area contributed by atoms with Crippen LogP contribution in [0.4, 0.5) is 26.3 Å². The lowest BCUT2D eigenvalue weighted by Crippen LogP contribution is -2.40. The van der Waals surface area contributed by atoms with E-state index in [4.69, 9.17) is 4.74 Å². The molecule has 4 rings (SSSR count). The van der Waals surface area contributed by atoms with Crippen molar-refractivity contribution in [2.45, 2.75) is 24.4 Å². The first-order valence-corrected chi connectivity index (χ1v) is 14.0. The molecule has 0 aliphatic heterocycles. The quantitative estimate of drug-likeness (QED) is 0.196. The number of sulfone groups is 2. The number of nitrogens with zero attached hydrogens (tertiary/aromatic N) is 1. The van der Waals surface area contributed by atoms with Crippen LogP contribution in [0.5, 0.6) is 5.75 Å². The number of alkyl halides is 6. The average Bonchev–Trinajstić information content (AvgIpc) is 3.11. The van der Waals surface area contributed by atoms with E-state index in [1.807, 2.05) is 6.07 Å². The molecule has 210 valence electrons. The molecule has 0 N–H and O–H groups in total. The van der Waals surface area contributed by atoms with Gasteiger partial charge in [0.15, 0.2) is 0 Å². The van der Waals surface area contributed by atoms with Gasteiger partial charge in [-0.1, -0.05) is 40.0 Å². The highest BCUT2D eigenvalue weighted by molar-refractivity contribution is 8.13. The standard InChI is InChI=1S/C25H20F6NO5S2/c1-14-4-10-19-18(12-14)23-20(32(19)2)11-7-16(22(23)15-5-8-17(37-3)9-6-15)13-21(38(33,34)24(26,27)28)39(35,36)25(29,30)31/h4-12H,13H2,1-3H3/q-1. The fourth-order valence-corrected chi connectivity index (χ4v) is 7.37. The zero-order valence-electron chi connectivity index (χ0n) is 20.5. The minimum Gasteiger partial charge on any atom is -0.497 e. The summed E-state index contributed by atoms with van der Waals surface area (Å²) in [5.74, 6) is 0.396. The third kappa shape index (κ3) is 4.73. The molecule has 4 aromatic rings. The van der Waals surface area contributed by atoms with E-state index in [9.17, 15) is 43.2 Å². The summed E-state index contributed by atoms with van der Waals surface area (Å²) in [4.78, 5) is 0. The Bertz CT molecular complexity index is 1750. The van der Waals surface area contributed by atoms with Crippen LogP contribution in [-0.2, 0) is 33.1 Å². The molecule has 0 spiro atoms. The smallest absolute Gasteiger partial charge is 0.469 e. The molecule has 0 saturated heterocycles. The van der Waals surface area contributed by atoms with Crippen LogP contribution in [0.25, 0.3) is 32.9 Å². The summed E-state index contributed by atoms with van der Waals surface area (Å²) < 4.78 is 134. The molecule has 0 bridgehead atoms. The van der Waals surface area contributed by atoms with E-state index in [1.54, 1.807) is 30.7 Å². The molecule has 0 atom stereocenters. The molecule has 1 heterocycles. The summed E-state index contributed by atoms with van der Waals surface area (Å²) in [6.07, 6.45) is -1.68. The summed E-state index contributed by atoms with van der Waals surface area (Å²) in [6, 6.07) is 13.9. The Morgan fingerprint density at radius 3 is 1.87 bits per heavy atom. The van der Waals surface area contributed by atoms with Crippen molar-refractivity contribution in [3.05, 3.63) is 70.3 Å². The van der Waals surface area contributed by atoms with E-state index in [-0.39, 0.29) is 11.1 Å². The topological polar surface area (TPSA) is 82.4 Å². The Balaban J connectivity index is 2.11. The number of aryl methyl sites for hydroxylation is 2. The first kappa shape index (κ1) is 28.7. The second-order valence-corrected chi connectivity index (χ2v) is 12.9. The van der Waals surface area contributed by atoms with Crippen molar-refractivity contribution in [2.24, 2.45) is 7.05 Å². The van der Waals surface area contributed by atoms with Crippen LogP contribution < -0.4 is 4.74 Å². The highest BCUT2D eigenvalue weighted by atomic mass is 32.3. The summed E-state index contributed by atoms with van der Waals surface area (Å²) in [5.41, 5.74) is -10.6. The van der Waals surface area contributed by atoms with Crippen molar-refractivity contribution in [3.63, 3.8) is 0 Å². The number of benzene rings is 3. The van der Waals surface area contributed by atoms with Gasteiger partial charge in [0.2, 0.25) is 0 Å². The van der Waals surface area contributed by atoms with Gasteiger partial charge >= 0.3 is 11.0 Å². The van der Waals surface area contributed by atoms with E-state index in [0.29, 0.717) is 33.1 Å². The Hall–Kier alpha value is -3.26. The third-order valence-electron chi connectivity index (χ3n) is 6.34. The Morgan fingerprint density at radius 2 is 1.36 bits per heavy atom. The molecule has 6 nitrogen and oxygen atoms in total. The number of aromatic nitrogens is 1. The van der Waals surface area contributed by atoms with Crippen LogP contribution >= 0.6 is 0 Å². The zero-order chi connectivity index (χ0) is 29.1. The molecule has 0 aliphatic carbocycles. The number of methoxy groups -OCH3 is 1. The molecule has 0 amide bonds. The first-order valence-electron chi connectivity index (χ1n) is 11.1. The Kier molecular flexibility index (Phi) is 6.95. The highest BCUT2D eigenvalue weighted by Crippen LogP contribution is 2.45. The van der Waals surface area contributed by atoms with Crippen LogP contribution in [0.1, 0.15) is 11.1 Å². The molecule has 0 radical (unpaired) electrons. The van der Waals surface area contributed by atoms with Gasteiger partial charge in [-0.15, -0.1) is 6.42 Å². The molecular weight excluding hydrogens is 572 g/mol. The lowest BCUT2D eigenvalue weighted by Gasteiger charge is -2.32. The normalized spacial score (nSPS) is 13.5. The molecule has 3 aromatic carbocycles. The summed E-state index contributed by atoms with van der Waals surface area (Å²) >= 11 is 0. The fourth-order valence-electron chi connectivity index (χ4n) is 4.44. The van der Waals surface area contributed by atoms with Crippen LogP contribution in [0.2, 0.25) is 0 Å². The van der Waals surface area contributed by atoms with Crippen molar-refractivity contribution in [3.8, 4) is 16.9 Å². The van der Waals surface area contributed by atoms with E-state index >= 15 is 0 Å². The van der Waals surface area contributed by atoms with E-state index < -0.39 is 41.7 Å². The number of halogens is 6. The minimum atomic E-state index is -6.90. The predicted molar refractivity (Wildman–Crippen MR) is 134 cm³/mol. The van der Waals surface area contributed by atoms with Gasteiger partial charge in [0.05, 0.1) is 7.11 Å². The number of rotatable bonds is 6. The Labute approximate surface area is 219 Å². The maximum Gasteiger partial charge on any atom is 0.469 e. The molecule has 39 heavy (non-hydrogen) atoms. The Morgan fingerprint density at radius 1 is 0.821 bits per heavy atom. The van der Waals surface area contributed by atoms with Gasteiger partial charge < -0.3 is 9.30 Å². The van der Waals surface area contributed by atoms with Gasteiger partial charge in [0.25, 0.3) is 0 Å². The fraction of sp³-hybridized carbons (Fsp3) is 0.240. The van der Waals surface area contributed by atoms with Crippen molar-refractivity contribution in [2.75, 3.05) is 7.11 Å². The SMILES string of the molecule is COc1ccc(-c2c(C[C-](S(=O)(=O)C(F)(F)F)S(=O)(=O)C(F)(F)F)ccc3c2c2cc(C)ccc2n3C)cc1. The zero-order valence-corrected chi connectivity index (χ0v) is 22.1. The van der Waals surface area contributed by atoms with Crippen LogP contribution in [0, 0.1) is 11.5 Å². The molecular formula is C25H20F6NO5S2-. The molecule has 0 fully saturated rings. The van der Waals surface area contributed by atoms with Gasteiger partial charge in [0, 0.05) is 28.9 Å². The minimum absolute atomic E-state index is 0.0820. The monoisotopic (exact) mass is 592 g/mol. The molecule has 1 aromatic heterocycles. The summed E-state index contributed by atoms with van der Waals surface area (Å²) in [7, 11) is -10.7. The van der Waals surface area contributed by atoms with E-state index in [2.05, 4.69) is 0 Å². The van der Waals surface area contributed by atoms with Gasteiger partial charge in [-0.25, -0.2) is 0 Å². The third-order valence-corrected chi connectivity index (χ3v) is 10.4. The lowest BCUT2D eigenvalue weighted by molar-refractivity contribution is -0.0455. The van der Waals surface area contributed by atoms with Gasteiger partial charge in [-0.2, -0.15) is 26.3 Å². The number of hydrogen-bond donors (Lipinski definition) is 0. The van der Waals surface area contributed by atoms with Gasteiger partial charge in [-0.3, -0.25) is 16.8 Å². The maximum absolute atomic E-state index is 13.5. The molecule has 14 heteroatoms. The van der Waals surface area contributed by atoms with E-state index in [0.717, 1.165) is 11.6 Å². The van der Waals surface area contributed by atoms with Crippen LogP contribution in [0.15, 0.2) is 54.6 Å². The van der Waals surface area contributed by atoms with Crippen molar-refractivity contribution < 1.29 is 47.9 Å². The lowest BCUT2D eigenvalue weighted by atomic mass is 9.92. The van der Waals surface area contributed by atoms with Gasteiger partial charge in [-0.05, 0) is 48.4 Å². The van der Waals surface area contributed by atoms with Crippen molar-refractivity contribution in [1.82, 2.24) is 4.57 Å². The molecule has 0 unspecified atom stereocenters. The second-order valence-electron chi connectivity index (χ2n) is 8.75. The van der Waals surface area contributed by atoms with Crippen LogP contribution in [-0.4, -0.2) is 39.5 Å². The largest absolute Gasteiger partial charge is 0.497 e. The van der Waals surface area contributed by atoms with Crippen LogP contribution in [0.3, 0.4) is 0 Å². The van der Waals surface area contributed by atoms with Crippen molar-refractivity contribution in [1.29, 1.82) is 0 Å². The number of ether oxygens (including phenoxy) is 1. The van der Waals surface area contributed by atoms with Gasteiger partial charge in [0.1, 0.15) is 25.4 Å². The highest BCUT2D eigenvalue weighted by Gasteiger charge is 2.53. The van der Waals surface area contributed by atoms with E-state index in [1.165, 1.54) is 37.4 Å². The second kappa shape index (κ2) is 9.44. The molecule has 0 saturated carbocycles. The predicted octanol–water partition coefficient (Wildman–Crippen LogP) is 6.22. The summed E-state index contributed by atoms with van der Waals surface area (Å²) in [6.45, 7) is 1.78. The number of fused-ring (bicyclic) bond motifs is 3. The maximum atomic E-state index is 13.5. The first-order chi connectivity index (χ1) is 17.9. The van der Waals surface area contributed by atoms with Crippen molar-refractivity contribution >= 4 is 41.5 Å². The molecule has 0 aliphatic rings.